The van der Waals surface area contributed by atoms with Gasteiger partial charge in [-0.2, -0.15) is 0 Å². The van der Waals surface area contributed by atoms with Gasteiger partial charge in [-0.05, 0) is 49.7 Å². The van der Waals surface area contributed by atoms with E-state index in [4.69, 9.17) is 12.2 Å². The summed E-state index contributed by atoms with van der Waals surface area (Å²) in [6.45, 7) is 0. The number of hydrogen-bond donors (Lipinski definition) is 2. The molecule has 0 aromatic rings. The quantitative estimate of drug-likeness (QED) is 0.582. The molecule has 2 fully saturated rings. The van der Waals surface area contributed by atoms with Crippen LogP contribution in [0.25, 0.3) is 0 Å². The van der Waals surface area contributed by atoms with Gasteiger partial charge in [0.2, 0.25) is 0 Å². The van der Waals surface area contributed by atoms with Crippen LogP contribution in [-0.2, 0) is 0 Å². The van der Waals surface area contributed by atoms with Crippen molar-refractivity contribution in [1.82, 2.24) is 10.6 Å². The van der Waals surface area contributed by atoms with Crippen molar-refractivity contribution in [1.29, 1.82) is 0 Å². The summed E-state index contributed by atoms with van der Waals surface area (Å²) < 4.78 is 0. The summed E-state index contributed by atoms with van der Waals surface area (Å²) >= 11 is 5.44. The van der Waals surface area contributed by atoms with Gasteiger partial charge < -0.3 is 10.6 Å². The Bertz CT molecular complexity index is 320. The van der Waals surface area contributed by atoms with E-state index in [9.17, 15) is 0 Å². The smallest absolute Gasteiger partial charge is 0.166 e. The van der Waals surface area contributed by atoms with E-state index in [0.717, 1.165) is 16.9 Å². The molecule has 0 heterocycles. The summed E-state index contributed by atoms with van der Waals surface area (Å²) in [6.07, 6.45) is 14.0. The van der Waals surface area contributed by atoms with Crippen molar-refractivity contribution in [3.05, 3.63) is 12.2 Å². The molecule has 94 valence electrons. The zero-order valence-electron chi connectivity index (χ0n) is 10.3. The summed E-state index contributed by atoms with van der Waals surface area (Å²) in [5, 5.41) is 7.92. The van der Waals surface area contributed by atoms with Crippen molar-refractivity contribution in [3.8, 4) is 0 Å². The Morgan fingerprint density at radius 2 is 1.82 bits per heavy atom. The van der Waals surface area contributed by atoms with Crippen LogP contribution >= 0.6 is 12.2 Å². The zero-order valence-corrected chi connectivity index (χ0v) is 11.1. The highest BCUT2D eigenvalue weighted by molar-refractivity contribution is 7.80. The molecule has 3 aliphatic rings. The fraction of sp³-hybridized carbons (Fsp3) is 0.786. The van der Waals surface area contributed by atoms with E-state index in [2.05, 4.69) is 22.8 Å². The molecular formula is C14H22N2S. The van der Waals surface area contributed by atoms with Crippen LogP contribution in [0.4, 0.5) is 0 Å². The molecule has 3 heteroatoms. The van der Waals surface area contributed by atoms with Crippen molar-refractivity contribution < 1.29 is 0 Å². The second-order valence-electron chi connectivity index (χ2n) is 5.84. The molecule has 0 aliphatic heterocycles. The van der Waals surface area contributed by atoms with Gasteiger partial charge in [0.05, 0.1) is 0 Å². The lowest BCUT2D eigenvalue weighted by molar-refractivity contribution is 0.408. The summed E-state index contributed by atoms with van der Waals surface area (Å²) in [5.74, 6) is 1.54. The topological polar surface area (TPSA) is 24.1 Å². The van der Waals surface area contributed by atoms with Crippen molar-refractivity contribution in [2.75, 3.05) is 0 Å². The third-order valence-corrected chi connectivity index (χ3v) is 4.77. The van der Waals surface area contributed by atoms with Gasteiger partial charge in [0.1, 0.15) is 0 Å². The van der Waals surface area contributed by atoms with Gasteiger partial charge in [-0.3, -0.25) is 0 Å². The average molecular weight is 250 g/mol. The van der Waals surface area contributed by atoms with Crippen LogP contribution in [-0.4, -0.2) is 17.2 Å². The van der Waals surface area contributed by atoms with E-state index in [-0.39, 0.29) is 0 Å². The number of allylic oxidation sites excluding steroid dienone is 1. The first-order valence-corrected chi connectivity index (χ1v) is 7.47. The van der Waals surface area contributed by atoms with Gasteiger partial charge in [0, 0.05) is 12.1 Å². The minimum atomic E-state index is 0.591. The molecule has 0 aromatic heterocycles. The predicted molar refractivity (Wildman–Crippen MR) is 74.9 cm³/mol. The highest BCUT2D eigenvalue weighted by Gasteiger charge is 2.35. The monoisotopic (exact) mass is 250 g/mol. The summed E-state index contributed by atoms with van der Waals surface area (Å²) in [7, 11) is 0. The van der Waals surface area contributed by atoms with E-state index in [0.29, 0.717) is 12.1 Å². The lowest BCUT2D eigenvalue weighted by atomic mass is 9.96. The van der Waals surface area contributed by atoms with Gasteiger partial charge >= 0.3 is 0 Å². The van der Waals surface area contributed by atoms with Gasteiger partial charge in [0.25, 0.3) is 0 Å². The van der Waals surface area contributed by atoms with E-state index >= 15 is 0 Å². The molecule has 2 bridgehead atoms. The normalized spacial score (nSPS) is 36.1. The highest BCUT2D eigenvalue weighted by atomic mass is 32.1. The van der Waals surface area contributed by atoms with E-state index < -0.39 is 0 Å². The molecule has 17 heavy (non-hydrogen) atoms. The molecule has 2 N–H and O–H groups in total. The van der Waals surface area contributed by atoms with Crippen molar-refractivity contribution in [3.63, 3.8) is 0 Å². The van der Waals surface area contributed by atoms with Crippen LogP contribution in [0.2, 0.25) is 0 Å². The lowest BCUT2D eigenvalue weighted by Crippen LogP contribution is -2.47. The number of hydrogen-bond acceptors (Lipinski definition) is 1. The lowest BCUT2D eigenvalue weighted by Gasteiger charge is -2.27. The van der Waals surface area contributed by atoms with Crippen LogP contribution in [0.1, 0.15) is 44.9 Å². The Morgan fingerprint density at radius 1 is 1.00 bits per heavy atom. The largest absolute Gasteiger partial charge is 0.360 e. The maximum absolute atomic E-state index is 5.44. The SMILES string of the molecule is S=C(NC1CCCCC1)N[C@H]1C[C@H]2C=C[C@@H]1C2. The van der Waals surface area contributed by atoms with Gasteiger partial charge in [-0.25, -0.2) is 0 Å². The second kappa shape index (κ2) is 4.97. The molecule has 0 aromatic carbocycles. The Hall–Kier alpha value is -0.570. The molecule has 3 aliphatic carbocycles. The van der Waals surface area contributed by atoms with Crippen LogP contribution in [0, 0.1) is 11.8 Å². The van der Waals surface area contributed by atoms with E-state index in [1.165, 1.54) is 44.9 Å². The zero-order chi connectivity index (χ0) is 11.7. The van der Waals surface area contributed by atoms with Gasteiger partial charge in [-0.1, -0.05) is 31.4 Å². The van der Waals surface area contributed by atoms with E-state index in [1.54, 1.807) is 0 Å². The third kappa shape index (κ3) is 2.65. The number of thiocarbonyl (C=S) groups is 1. The van der Waals surface area contributed by atoms with Crippen LogP contribution in [0.15, 0.2) is 12.2 Å². The standard InChI is InChI=1S/C14H22N2S/c17-14(15-12-4-2-1-3-5-12)16-13-9-10-6-7-11(13)8-10/h6-7,10-13H,1-5,8-9H2,(H2,15,16,17)/t10-,11+,13-/m0/s1. The van der Waals surface area contributed by atoms with Crippen LogP contribution in [0.5, 0.6) is 0 Å². The summed E-state index contributed by atoms with van der Waals surface area (Å²) in [6, 6.07) is 1.21. The minimum absolute atomic E-state index is 0.591. The number of rotatable bonds is 2. The molecular weight excluding hydrogens is 228 g/mol. The first kappa shape index (κ1) is 11.5. The minimum Gasteiger partial charge on any atom is -0.360 e. The maximum atomic E-state index is 5.44. The number of fused-ring (bicyclic) bond motifs is 2. The molecule has 0 spiro atoms. The molecule has 2 nitrogen and oxygen atoms in total. The molecule has 0 amide bonds. The average Bonchev–Trinajstić information content (AvgIpc) is 2.92. The van der Waals surface area contributed by atoms with Crippen LogP contribution < -0.4 is 10.6 Å². The summed E-state index contributed by atoms with van der Waals surface area (Å²) in [4.78, 5) is 0. The number of nitrogens with one attached hydrogen (secondary N) is 2. The molecule has 2 saturated carbocycles. The first-order chi connectivity index (χ1) is 8.31. The Kier molecular flexibility index (Phi) is 3.37. The Morgan fingerprint density at radius 3 is 2.47 bits per heavy atom. The van der Waals surface area contributed by atoms with Gasteiger partial charge in [0.15, 0.2) is 5.11 Å². The fourth-order valence-corrected chi connectivity index (χ4v) is 3.91. The molecule has 3 rings (SSSR count). The fourth-order valence-electron chi connectivity index (χ4n) is 3.59. The Balaban J connectivity index is 1.45. The summed E-state index contributed by atoms with van der Waals surface area (Å²) in [5.41, 5.74) is 0. The molecule has 0 saturated heterocycles. The maximum Gasteiger partial charge on any atom is 0.166 e. The second-order valence-corrected chi connectivity index (χ2v) is 6.25. The van der Waals surface area contributed by atoms with Crippen molar-refractivity contribution in [2.24, 2.45) is 11.8 Å². The molecule has 0 radical (unpaired) electrons. The van der Waals surface area contributed by atoms with Gasteiger partial charge in [-0.15, -0.1) is 0 Å². The predicted octanol–water partition coefficient (Wildman–Crippen LogP) is 2.75. The van der Waals surface area contributed by atoms with Crippen molar-refractivity contribution >= 4 is 17.3 Å². The van der Waals surface area contributed by atoms with Crippen molar-refractivity contribution in [2.45, 2.75) is 57.0 Å². The Labute approximate surface area is 109 Å². The molecule has 0 unspecified atom stereocenters. The van der Waals surface area contributed by atoms with E-state index in [1.807, 2.05) is 0 Å². The highest BCUT2D eigenvalue weighted by Crippen LogP contribution is 2.38. The third-order valence-electron chi connectivity index (χ3n) is 4.54. The molecule has 3 atom stereocenters. The first-order valence-electron chi connectivity index (χ1n) is 7.06. The van der Waals surface area contributed by atoms with Crippen LogP contribution in [0.3, 0.4) is 0 Å².